The number of rotatable bonds is 1. The Morgan fingerprint density at radius 1 is 1.38 bits per heavy atom. The summed E-state index contributed by atoms with van der Waals surface area (Å²) in [6.07, 6.45) is -4.73. The molecular formula is C14H17F3N2O2. The molecule has 4 nitrogen and oxygen atoms in total. The van der Waals surface area contributed by atoms with E-state index in [4.69, 9.17) is 10.5 Å². The molecule has 1 amide bonds. The molecule has 2 atom stereocenters. The molecule has 21 heavy (non-hydrogen) atoms. The summed E-state index contributed by atoms with van der Waals surface area (Å²) in [4.78, 5) is 14.0. The van der Waals surface area contributed by atoms with Crippen molar-refractivity contribution >= 4 is 11.6 Å². The lowest BCUT2D eigenvalue weighted by molar-refractivity contribution is -0.136. The van der Waals surface area contributed by atoms with E-state index in [-0.39, 0.29) is 17.7 Å². The summed E-state index contributed by atoms with van der Waals surface area (Å²) in [5.74, 6) is -0.499. The highest BCUT2D eigenvalue weighted by Gasteiger charge is 2.36. The maximum atomic E-state index is 12.8. The second-order valence-electron chi connectivity index (χ2n) is 5.22. The Hall–Kier alpha value is -1.76. The number of amides is 1. The number of hydrogen-bond acceptors (Lipinski definition) is 3. The van der Waals surface area contributed by atoms with E-state index in [1.165, 1.54) is 17.0 Å². The van der Waals surface area contributed by atoms with Gasteiger partial charge in [0, 0.05) is 6.54 Å². The third-order valence-electron chi connectivity index (χ3n) is 3.51. The van der Waals surface area contributed by atoms with Crippen molar-refractivity contribution in [2.45, 2.75) is 32.2 Å². The molecule has 7 heteroatoms. The van der Waals surface area contributed by atoms with E-state index in [2.05, 4.69) is 0 Å². The zero-order valence-electron chi connectivity index (χ0n) is 11.8. The van der Waals surface area contributed by atoms with Crippen LogP contribution < -0.4 is 5.73 Å². The predicted molar refractivity (Wildman–Crippen MR) is 71.8 cm³/mol. The molecule has 0 aliphatic carbocycles. The number of benzene rings is 1. The molecule has 0 spiro atoms. The number of ether oxygens (including phenoxy) is 1. The Bertz CT molecular complexity index is 546. The molecule has 1 heterocycles. The number of alkyl halides is 3. The number of nitrogen functional groups attached to an aromatic ring is 1. The first-order valence-corrected chi connectivity index (χ1v) is 6.60. The first-order valence-electron chi connectivity index (χ1n) is 6.60. The molecule has 2 rings (SSSR count). The summed E-state index contributed by atoms with van der Waals surface area (Å²) in [5.41, 5.74) is 3.93. The van der Waals surface area contributed by atoms with Crippen molar-refractivity contribution in [2.24, 2.45) is 0 Å². The SMILES string of the molecule is CC1CN(C(=O)c2cccc(C(F)(F)F)c2N)C(C)CO1. The number of carbonyl (C=O) groups excluding carboxylic acids is 1. The van der Waals surface area contributed by atoms with Crippen molar-refractivity contribution in [1.29, 1.82) is 0 Å². The lowest BCUT2D eigenvalue weighted by Gasteiger charge is -2.37. The molecule has 116 valence electrons. The Morgan fingerprint density at radius 2 is 2.05 bits per heavy atom. The third kappa shape index (κ3) is 3.12. The van der Waals surface area contributed by atoms with Crippen molar-refractivity contribution in [3.8, 4) is 0 Å². The van der Waals surface area contributed by atoms with Gasteiger partial charge in [0.05, 0.1) is 35.6 Å². The Balaban J connectivity index is 2.35. The Labute approximate surface area is 120 Å². The van der Waals surface area contributed by atoms with Gasteiger partial charge < -0.3 is 15.4 Å². The molecule has 1 aliphatic heterocycles. The average Bonchev–Trinajstić information content (AvgIpc) is 2.39. The molecule has 0 bridgehead atoms. The number of morpholine rings is 1. The molecule has 1 fully saturated rings. The highest BCUT2D eigenvalue weighted by molar-refractivity contribution is 6.00. The minimum atomic E-state index is -4.58. The molecule has 0 saturated carbocycles. The molecule has 0 radical (unpaired) electrons. The zero-order chi connectivity index (χ0) is 15.8. The van der Waals surface area contributed by atoms with Crippen molar-refractivity contribution in [3.63, 3.8) is 0 Å². The van der Waals surface area contributed by atoms with Crippen LogP contribution in [0.2, 0.25) is 0 Å². The molecule has 1 saturated heterocycles. The fraction of sp³-hybridized carbons (Fsp3) is 0.500. The lowest BCUT2D eigenvalue weighted by Crippen LogP contribution is -2.50. The summed E-state index contributed by atoms with van der Waals surface area (Å²) in [5, 5.41) is 0. The van der Waals surface area contributed by atoms with Crippen LogP contribution >= 0.6 is 0 Å². The second kappa shape index (κ2) is 5.55. The van der Waals surface area contributed by atoms with Crippen LogP contribution in [0.5, 0.6) is 0 Å². The fourth-order valence-corrected chi connectivity index (χ4v) is 2.34. The van der Waals surface area contributed by atoms with Crippen LogP contribution in [0.15, 0.2) is 18.2 Å². The number of para-hydroxylation sites is 1. The monoisotopic (exact) mass is 302 g/mol. The number of anilines is 1. The number of nitrogens with zero attached hydrogens (tertiary/aromatic N) is 1. The molecule has 0 aromatic heterocycles. The smallest absolute Gasteiger partial charge is 0.398 e. The summed E-state index contributed by atoms with van der Waals surface area (Å²) in [6, 6.07) is 3.18. The Morgan fingerprint density at radius 3 is 2.67 bits per heavy atom. The molecule has 1 aromatic rings. The van der Waals surface area contributed by atoms with Crippen LogP contribution in [-0.4, -0.2) is 36.1 Å². The van der Waals surface area contributed by atoms with Gasteiger partial charge in [0.15, 0.2) is 0 Å². The van der Waals surface area contributed by atoms with Crippen molar-refractivity contribution in [1.82, 2.24) is 4.90 Å². The predicted octanol–water partition coefficient (Wildman–Crippen LogP) is 2.54. The second-order valence-corrected chi connectivity index (χ2v) is 5.22. The zero-order valence-corrected chi connectivity index (χ0v) is 11.8. The van der Waals surface area contributed by atoms with Gasteiger partial charge in [-0.25, -0.2) is 0 Å². The normalized spacial score (nSPS) is 23.2. The molecular weight excluding hydrogens is 285 g/mol. The highest BCUT2D eigenvalue weighted by atomic mass is 19.4. The van der Waals surface area contributed by atoms with Crippen LogP contribution in [0, 0.1) is 0 Å². The van der Waals surface area contributed by atoms with Gasteiger partial charge in [-0.3, -0.25) is 4.79 Å². The van der Waals surface area contributed by atoms with Gasteiger partial charge >= 0.3 is 6.18 Å². The van der Waals surface area contributed by atoms with Gasteiger partial charge in [0.2, 0.25) is 0 Å². The van der Waals surface area contributed by atoms with Crippen LogP contribution in [0.1, 0.15) is 29.8 Å². The average molecular weight is 302 g/mol. The Kier molecular flexibility index (Phi) is 4.13. The minimum Gasteiger partial charge on any atom is -0.398 e. The van der Waals surface area contributed by atoms with E-state index < -0.39 is 23.3 Å². The van der Waals surface area contributed by atoms with Crippen LogP contribution in [0.4, 0.5) is 18.9 Å². The molecule has 1 aromatic carbocycles. The summed E-state index contributed by atoms with van der Waals surface area (Å²) in [6.45, 7) is 4.27. The summed E-state index contributed by atoms with van der Waals surface area (Å²) < 4.78 is 44.0. The quantitative estimate of drug-likeness (QED) is 0.811. The van der Waals surface area contributed by atoms with Gasteiger partial charge in [-0.05, 0) is 26.0 Å². The lowest BCUT2D eigenvalue weighted by atomic mass is 10.0. The largest absolute Gasteiger partial charge is 0.418 e. The van der Waals surface area contributed by atoms with Crippen molar-refractivity contribution in [3.05, 3.63) is 29.3 Å². The van der Waals surface area contributed by atoms with Gasteiger partial charge in [0.1, 0.15) is 0 Å². The van der Waals surface area contributed by atoms with E-state index in [0.29, 0.717) is 13.2 Å². The maximum Gasteiger partial charge on any atom is 0.418 e. The minimum absolute atomic E-state index is 0.120. The van der Waals surface area contributed by atoms with E-state index in [9.17, 15) is 18.0 Å². The number of halogens is 3. The van der Waals surface area contributed by atoms with Crippen molar-refractivity contribution < 1.29 is 22.7 Å². The van der Waals surface area contributed by atoms with Gasteiger partial charge in [-0.15, -0.1) is 0 Å². The number of nitrogens with two attached hydrogens (primary N) is 1. The molecule has 2 N–H and O–H groups in total. The summed E-state index contributed by atoms with van der Waals surface area (Å²) in [7, 11) is 0. The van der Waals surface area contributed by atoms with E-state index >= 15 is 0 Å². The van der Waals surface area contributed by atoms with Gasteiger partial charge in [-0.2, -0.15) is 13.2 Å². The van der Waals surface area contributed by atoms with E-state index in [0.717, 1.165) is 6.07 Å². The van der Waals surface area contributed by atoms with Crippen LogP contribution in [0.25, 0.3) is 0 Å². The molecule has 1 aliphatic rings. The van der Waals surface area contributed by atoms with Crippen LogP contribution in [-0.2, 0) is 10.9 Å². The maximum absolute atomic E-state index is 12.8. The first-order chi connectivity index (χ1) is 9.71. The van der Waals surface area contributed by atoms with E-state index in [1.807, 2.05) is 6.92 Å². The third-order valence-corrected chi connectivity index (χ3v) is 3.51. The topological polar surface area (TPSA) is 55.6 Å². The van der Waals surface area contributed by atoms with Gasteiger partial charge in [-0.1, -0.05) is 6.07 Å². The number of hydrogen-bond donors (Lipinski definition) is 1. The number of carbonyl (C=O) groups is 1. The fourth-order valence-electron chi connectivity index (χ4n) is 2.34. The highest BCUT2D eigenvalue weighted by Crippen LogP contribution is 2.35. The first kappa shape index (κ1) is 15.6. The standard InChI is InChI=1S/C14H17F3N2O2/c1-8-7-21-9(2)6-19(8)13(20)10-4-3-5-11(12(10)18)14(15,16)17/h3-5,8-9H,6-7,18H2,1-2H3. The summed E-state index contributed by atoms with van der Waals surface area (Å²) >= 11 is 0. The van der Waals surface area contributed by atoms with Crippen molar-refractivity contribution in [2.75, 3.05) is 18.9 Å². The van der Waals surface area contributed by atoms with Crippen LogP contribution in [0.3, 0.4) is 0 Å². The molecule has 2 unspecified atom stereocenters. The van der Waals surface area contributed by atoms with Gasteiger partial charge in [0.25, 0.3) is 5.91 Å². The van der Waals surface area contributed by atoms with E-state index in [1.54, 1.807) is 6.92 Å².